The Balaban J connectivity index is 1.48. The van der Waals surface area contributed by atoms with E-state index >= 15 is 0 Å². The molecule has 1 fully saturated rings. The van der Waals surface area contributed by atoms with E-state index in [-0.39, 0.29) is 18.4 Å². The summed E-state index contributed by atoms with van der Waals surface area (Å²) in [5.41, 5.74) is 3.27. The van der Waals surface area contributed by atoms with E-state index in [1.54, 1.807) is 11.8 Å². The van der Waals surface area contributed by atoms with Crippen molar-refractivity contribution in [3.63, 3.8) is 0 Å². The Labute approximate surface area is 170 Å². The van der Waals surface area contributed by atoms with Crippen LogP contribution in [0.15, 0.2) is 52.3 Å². The monoisotopic (exact) mass is 398 g/mol. The summed E-state index contributed by atoms with van der Waals surface area (Å²) < 4.78 is 0. The van der Waals surface area contributed by atoms with Gasteiger partial charge in [0.1, 0.15) is 0 Å². The molecule has 2 amide bonds. The molecule has 0 bridgehead atoms. The number of rotatable bonds is 8. The lowest BCUT2D eigenvalue weighted by Gasteiger charge is -2.14. The van der Waals surface area contributed by atoms with Crippen LogP contribution in [0.1, 0.15) is 24.0 Å². The van der Waals surface area contributed by atoms with Crippen molar-refractivity contribution in [3.05, 3.63) is 53.6 Å². The molecule has 0 saturated heterocycles. The fourth-order valence-corrected chi connectivity index (χ4v) is 3.87. The Morgan fingerprint density at radius 1 is 1.04 bits per heavy atom. The van der Waals surface area contributed by atoms with Crippen molar-refractivity contribution in [1.29, 1.82) is 0 Å². The first-order valence-electron chi connectivity index (χ1n) is 9.65. The van der Waals surface area contributed by atoms with Gasteiger partial charge in [0.2, 0.25) is 0 Å². The number of hydrogen-bond donors (Lipinski definition) is 3. The van der Waals surface area contributed by atoms with Crippen LogP contribution in [0.25, 0.3) is 0 Å². The third kappa shape index (κ3) is 6.39. The summed E-state index contributed by atoms with van der Waals surface area (Å²) in [4.78, 5) is 27.3. The van der Waals surface area contributed by atoms with E-state index < -0.39 is 0 Å². The average molecular weight is 399 g/mol. The second-order valence-electron chi connectivity index (χ2n) is 7.60. The Bertz CT molecular complexity index is 847. The van der Waals surface area contributed by atoms with Gasteiger partial charge in [0.25, 0.3) is 11.8 Å². The fourth-order valence-electron chi connectivity index (χ4n) is 2.87. The average Bonchev–Trinajstić information content (AvgIpc) is 3.43. The highest BCUT2D eigenvalue weighted by molar-refractivity contribution is 7.99. The lowest BCUT2D eigenvalue weighted by Crippen LogP contribution is -3.11. The van der Waals surface area contributed by atoms with Crippen LogP contribution < -0.4 is 15.5 Å². The van der Waals surface area contributed by atoms with E-state index in [2.05, 4.69) is 42.7 Å². The summed E-state index contributed by atoms with van der Waals surface area (Å²) in [5.74, 6) is -0.0766. The molecule has 28 heavy (non-hydrogen) atoms. The zero-order valence-electron chi connectivity index (χ0n) is 16.7. The molecule has 148 valence electrons. The molecular weight excluding hydrogens is 370 g/mol. The molecule has 0 radical (unpaired) electrons. The second kappa shape index (κ2) is 9.26. The Kier molecular flexibility index (Phi) is 6.75. The molecule has 6 heteroatoms. The molecule has 2 aromatic carbocycles. The summed E-state index contributed by atoms with van der Waals surface area (Å²) in [6, 6.07) is 14.7. The van der Waals surface area contributed by atoms with E-state index in [4.69, 9.17) is 0 Å². The van der Waals surface area contributed by atoms with Crippen molar-refractivity contribution in [2.24, 2.45) is 0 Å². The van der Waals surface area contributed by atoms with Crippen molar-refractivity contribution >= 4 is 29.3 Å². The minimum atomic E-state index is -0.0911. The first-order chi connectivity index (χ1) is 13.4. The fraction of sp³-hybridized carbons (Fsp3) is 0.364. The van der Waals surface area contributed by atoms with Gasteiger partial charge in [-0.05, 0) is 68.1 Å². The van der Waals surface area contributed by atoms with Gasteiger partial charge in [0.05, 0.1) is 7.05 Å². The molecule has 0 aromatic heterocycles. The molecule has 1 aliphatic rings. The van der Waals surface area contributed by atoms with Gasteiger partial charge in [0.15, 0.2) is 13.1 Å². The van der Waals surface area contributed by atoms with E-state index in [1.165, 1.54) is 16.0 Å². The van der Waals surface area contributed by atoms with Crippen LogP contribution in [-0.2, 0) is 9.59 Å². The molecule has 1 aliphatic carbocycles. The number of nitrogens with one attached hydrogen (secondary N) is 3. The van der Waals surface area contributed by atoms with E-state index in [9.17, 15) is 9.59 Å². The normalized spacial score (nSPS) is 14.4. The van der Waals surface area contributed by atoms with Gasteiger partial charge in [-0.15, -0.1) is 0 Å². The lowest BCUT2D eigenvalue weighted by atomic mass is 10.2. The quantitative estimate of drug-likeness (QED) is 0.639. The molecule has 0 aliphatic heterocycles. The van der Waals surface area contributed by atoms with Crippen molar-refractivity contribution in [1.82, 2.24) is 5.32 Å². The molecule has 1 saturated carbocycles. The molecule has 3 rings (SSSR count). The lowest BCUT2D eigenvalue weighted by molar-refractivity contribution is -0.862. The minimum absolute atomic E-state index is 0.0145. The second-order valence-corrected chi connectivity index (χ2v) is 8.71. The third-order valence-electron chi connectivity index (χ3n) is 4.58. The summed E-state index contributed by atoms with van der Waals surface area (Å²) in [5, 5.41) is 5.86. The maximum atomic E-state index is 12.2. The van der Waals surface area contributed by atoms with Crippen LogP contribution in [0.4, 0.5) is 5.69 Å². The van der Waals surface area contributed by atoms with Gasteiger partial charge in [-0.3, -0.25) is 9.59 Å². The number of amides is 2. The first-order valence-corrected chi connectivity index (χ1v) is 10.5. The predicted molar refractivity (Wildman–Crippen MR) is 113 cm³/mol. The zero-order valence-corrected chi connectivity index (χ0v) is 17.5. The highest BCUT2D eigenvalue weighted by Gasteiger charge is 2.24. The maximum Gasteiger partial charge on any atom is 0.279 e. The van der Waals surface area contributed by atoms with Crippen molar-refractivity contribution < 1.29 is 14.5 Å². The van der Waals surface area contributed by atoms with Crippen molar-refractivity contribution in [3.8, 4) is 0 Å². The summed E-state index contributed by atoms with van der Waals surface area (Å²) >= 11 is 1.72. The molecular formula is C22H28N3O2S+. The number of likely N-dealkylation sites (N-methyl/N-ethyl adjacent to an activating group) is 1. The highest BCUT2D eigenvalue weighted by atomic mass is 32.2. The summed E-state index contributed by atoms with van der Waals surface area (Å²) in [6.45, 7) is 4.78. The molecule has 0 heterocycles. The minimum Gasteiger partial charge on any atom is -0.348 e. The van der Waals surface area contributed by atoms with E-state index in [0.29, 0.717) is 12.6 Å². The smallest absolute Gasteiger partial charge is 0.279 e. The number of quaternary nitrogens is 1. The maximum absolute atomic E-state index is 12.2. The largest absolute Gasteiger partial charge is 0.348 e. The molecule has 1 atom stereocenters. The molecule has 3 N–H and O–H groups in total. The van der Waals surface area contributed by atoms with Gasteiger partial charge >= 0.3 is 0 Å². The first kappa shape index (κ1) is 20.4. The Morgan fingerprint density at radius 2 is 1.71 bits per heavy atom. The molecule has 2 aromatic rings. The molecule has 1 unspecified atom stereocenters. The summed E-state index contributed by atoms with van der Waals surface area (Å²) in [6.07, 6.45) is 2.14. The van der Waals surface area contributed by atoms with Gasteiger partial charge in [-0.1, -0.05) is 23.9 Å². The van der Waals surface area contributed by atoms with Crippen LogP contribution >= 0.6 is 11.8 Å². The Hall–Kier alpha value is -2.31. The van der Waals surface area contributed by atoms with E-state index in [0.717, 1.165) is 28.3 Å². The van der Waals surface area contributed by atoms with Crippen LogP contribution in [0.3, 0.4) is 0 Å². The van der Waals surface area contributed by atoms with Crippen LogP contribution in [0.5, 0.6) is 0 Å². The topological polar surface area (TPSA) is 62.6 Å². The van der Waals surface area contributed by atoms with Crippen LogP contribution in [0.2, 0.25) is 0 Å². The predicted octanol–water partition coefficient (Wildman–Crippen LogP) is 2.19. The standard InChI is InChI=1S/C22H27N3O2S/c1-15-4-5-16(2)20(12-15)28-19-10-8-18(9-11-19)24-22(27)14-25(3)13-21(26)23-17-6-7-17/h4-5,8-12,17H,6-7,13-14H2,1-3H3,(H,23,26)(H,24,27)/p+1. The highest BCUT2D eigenvalue weighted by Crippen LogP contribution is 2.31. The molecule has 5 nitrogen and oxygen atoms in total. The number of anilines is 1. The zero-order chi connectivity index (χ0) is 20.1. The van der Waals surface area contributed by atoms with Crippen LogP contribution in [0, 0.1) is 13.8 Å². The number of aryl methyl sites for hydroxylation is 2. The SMILES string of the molecule is Cc1ccc(C)c(Sc2ccc(NC(=O)C[NH+](C)CC(=O)NC3CC3)cc2)c1. The summed E-state index contributed by atoms with van der Waals surface area (Å²) in [7, 11) is 1.86. The van der Waals surface area contributed by atoms with Crippen LogP contribution in [-0.4, -0.2) is 38.0 Å². The van der Waals surface area contributed by atoms with Gasteiger partial charge in [-0.2, -0.15) is 0 Å². The number of carbonyl (C=O) groups excluding carboxylic acids is 2. The Morgan fingerprint density at radius 3 is 2.39 bits per heavy atom. The van der Waals surface area contributed by atoms with Crippen molar-refractivity contribution in [2.45, 2.75) is 42.5 Å². The van der Waals surface area contributed by atoms with E-state index in [1.807, 2.05) is 31.3 Å². The van der Waals surface area contributed by atoms with Gasteiger partial charge < -0.3 is 15.5 Å². The number of benzene rings is 2. The molecule has 0 spiro atoms. The van der Waals surface area contributed by atoms with Gasteiger partial charge in [0, 0.05) is 21.5 Å². The number of carbonyl (C=O) groups is 2. The third-order valence-corrected chi connectivity index (χ3v) is 5.74. The van der Waals surface area contributed by atoms with Gasteiger partial charge in [-0.25, -0.2) is 0 Å². The number of hydrogen-bond acceptors (Lipinski definition) is 3. The van der Waals surface area contributed by atoms with Crippen molar-refractivity contribution in [2.75, 3.05) is 25.5 Å².